The zero-order chi connectivity index (χ0) is 15.3. The lowest BCUT2D eigenvalue weighted by Gasteiger charge is -2.24. The lowest BCUT2D eigenvalue weighted by Crippen LogP contribution is -2.37. The maximum absolute atomic E-state index is 10.3. The van der Waals surface area contributed by atoms with E-state index < -0.39 is 5.60 Å². The third-order valence-electron chi connectivity index (χ3n) is 3.32. The molecule has 1 heterocycles. The molecule has 0 saturated carbocycles. The third kappa shape index (κ3) is 5.77. The number of rotatable bonds is 8. The lowest BCUT2D eigenvalue weighted by molar-refractivity contribution is 0.0451. The molecular formula is C15H29N3OS. The van der Waals surface area contributed by atoms with Crippen LogP contribution in [0.4, 0.5) is 5.13 Å². The molecule has 1 rings (SSSR count). The molecule has 0 aliphatic rings. The summed E-state index contributed by atoms with van der Waals surface area (Å²) in [4.78, 5) is 7.80. The normalized spacial score (nSPS) is 14.6. The molecule has 0 radical (unpaired) electrons. The fourth-order valence-corrected chi connectivity index (χ4v) is 2.85. The van der Waals surface area contributed by atoms with E-state index in [2.05, 4.69) is 24.1 Å². The molecule has 1 unspecified atom stereocenters. The van der Waals surface area contributed by atoms with Gasteiger partial charge < -0.3 is 15.3 Å². The summed E-state index contributed by atoms with van der Waals surface area (Å²) < 4.78 is 0. The smallest absolute Gasteiger partial charge is 0.185 e. The number of anilines is 1. The molecule has 0 spiro atoms. The maximum atomic E-state index is 10.3. The second-order valence-electron chi connectivity index (χ2n) is 6.43. The van der Waals surface area contributed by atoms with Crippen molar-refractivity contribution < 1.29 is 5.11 Å². The highest BCUT2D eigenvalue weighted by Gasteiger charge is 2.20. The Bertz CT molecular complexity index is 413. The zero-order valence-corrected chi connectivity index (χ0v) is 14.5. The molecule has 5 heteroatoms. The molecule has 0 aliphatic carbocycles. The number of aliphatic hydroxyl groups is 1. The highest BCUT2D eigenvalue weighted by atomic mass is 32.1. The molecule has 0 aliphatic heterocycles. The average Bonchev–Trinajstić information content (AvgIpc) is 2.69. The van der Waals surface area contributed by atoms with Crippen molar-refractivity contribution in [2.75, 3.05) is 25.5 Å². The van der Waals surface area contributed by atoms with E-state index in [9.17, 15) is 5.11 Å². The molecule has 0 fully saturated rings. The van der Waals surface area contributed by atoms with Gasteiger partial charge in [0, 0.05) is 32.1 Å². The molecule has 2 N–H and O–H groups in total. The lowest BCUT2D eigenvalue weighted by atomic mass is 9.95. The number of nitrogens with zero attached hydrogens (tertiary/aromatic N) is 2. The van der Waals surface area contributed by atoms with E-state index in [1.54, 1.807) is 11.3 Å². The molecule has 1 aromatic rings. The number of aromatic nitrogens is 1. The van der Waals surface area contributed by atoms with Gasteiger partial charge in [-0.15, -0.1) is 11.3 Å². The Hall–Kier alpha value is -0.650. The minimum atomic E-state index is -0.632. The summed E-state index contributed by atoms with van der Waals surface area (Å²) in [7, 11) is 4.01. The molecule has 1 aromatic heterocycles. The van der Waals surface area contributed by atoms with Crippen molar-refractivity contribution in [2.45, 2.75) is 52.7 Å². The second-order valence-corrected chi connectivity index (χ2v) is 7.49. The number of hydrogen-bond acceptors (Lipinski definition) is 5. The van der Waals surface area contributed by atoms with Crippen LogP contribution >= 0.6 is 11.3 Å². The average molecular weight is 299 g/mol. The molecule has 0 bridgehead atoms. The Labute approximate surface area is 127 Å². The van der Waals surface area contributed by atoms with E-state index in [0.717, 1.165) is 30.2 Å². The van der Waals surface area contributed by atoms with E-state index in [4.69, 9.17) is 0 Å². The van der Waals surface area contributed by atoms with Crippen molar-refractivity contribution in [3.8, 4) is 0 Å². The van der Waals surface area contributed by atoms with Crippen LogP contribution in [0.15, 0.2) is 0 Å². The Kier molecular flexibility index (Phi) is 6.43. The second kappa shape index (κ2) is 7.38. The van der Waals surface area contributed by atoms with Gasteiger partial charge in [0.2, 0.25) is 0 Å². The van der Waals surface area contributed by atoms with Gasteiger partial charge in [-0.1, -0.05) is 13.8 Å². The summed E-state index contributed by atoms with van der Waals surface area (Å²) >= 11 is 1.71. The summed E-state index contributed by atoms with van der Waals surface area (Å²) in [5.41, 5.74) is 0.445. The van der Waals surface area contributed by atoms with Gasteiger partial charge >= 0.3 is 0 Å². The quantitative estimate of drug-likeness (QED) is 0.775. The monoisotopic (exact) mass is 299 g/mol. The number of hydrogen-bond donors (Lipinski definition) is 2. The van der Waals surface area contributed by atoms with Crippen molar-refractivity contribution in [2.24, 2.45) is 5.92 Å². The van der Waals surface area contributed by atoms with Gasteiger partial charge in [-0.05, 0) is 32.6 Å². The molecule has 0 aromatic carbocycles. The fraction of sp³-hybridized carbons (Fsp3) is 0.800. The van der Waals surface area contributed by atoms with Crippen LogP contribution in [0.3, 0.4) is 0 Å². The Morgan fingerprint density at radius 3 is 2.55 bits per heavy atom. The first-order chi connectivity index (χ1) is 9.21. The SMILES string of the molecule is Cc1nc(N(C)C)sc1CNCC(C)(O)CCC(C)C. The number of thiazole rings is 1. The molecule has 116 valence electrons. The van der Waals surface area contributed by atoms with Crippen LogP contribution in [0.1, 0.15) is 44.2 Å². The van der Waals surface area contributed by atoms with Gasteiger partial charge in [-0.25, -0.2) is 4.98 Å². The van der Waals surface area contributed by atoms with Gasteiger partial charge in [0.1, 0.15) is 0 Å². The first kappa shape index (κ1) is 17.4. The highest BCUT2D eigenvalue weighted by Crippen LogP contribution is 2.24. The van der Waals surface area contributed by atoms with Crippen LogP contribution in [0, 0.1) is 12.8 Å². The van der Waals surface area contributed by atoms with Gasteiger partial charge in [-0.2, -0.15) is 0 Å². The van der Waals surface area contributed by atoms with Crippen molar-refractivity contribution in [1.82, 2.24) is 10.3 Å². The van der Waals surface area contributed by atoms with E-state index >= 15 is 0 Å². The van der Waals surface area contributed by atoms with Gasteiger partial charge in [0.05, 0.1) is 11.3 Å². The van der Waals surface area contributed by atoms with E-state index in [1.165, 1.54) is 4.88 Å². The van der Waals surface area contributed by atoms with Gasteiger partial charge in [-0.3, -0.25) is 0 Å². The van der Waals surface area contributed by atoms with Crippen molar-refractivity contribution in [3.63, 3.8) is 0 Å². The zero-order valence-electron chi connectivity index (χ0n) is 13.7. The first-order valence-electron chi connectivity index (χ1n) is 7.28. The van der Waals surface area contributed by atoms with Crippen LogP contribution < -0.4 is 10.2 Å². The number of nitrogens with one attached hydrogen (secondary N) is 1. The minimum absolute atomic E-state index is 0.619. The molecule has 4 nitrogen and oxygen atoms in total. The fourth-order valence-electron chi connectivity index (χ4n) is 1.90. The van der Waals surface area contributed by atoms with Crippen LogP contribution in [0.25, 0.3) is 0 Å². The van der Waals surface area contributed by atoms with Gasteiger partial charge in [0.25, 0.3) is 0 Å². The van der Waals surface area contributed by atoms with E-state index in [1.807, 2.05) is 32.8 Å². The summed E-state index contributed by atoms with van der Waals surface area (Å²) in [6.45, 7) is 9.72. The van der Waals surface area contributed by atoms with Crippen LogP contribution in [-0.4, -0.2) is 36.3 Å². The van der Waals surface area contributed by atoms with Crippen LogP contribution in [-0.2, 0) is 6.54 Å². The summed E-state index contributed by atoms with van der Waals surface area (Å²) in [6.07, 6.45) is 1.89. The summed E-state index contributed by atoms with van der Waals surface area (Å²) in [5.74, 6) is 0.632. The molecule has 0 amide bonds. The topological polar surface area (TPSA) is 48.4 Å². The number of aryl methyl sites for hydroxylation is 1. The molecular weight excluding hydrogens is 270 g/mol. The first-order valence-corrected chi connectivity index (χ1v) is 8.09. The van der Waals surface area contributed by atoms with Crippen molar-refractivity contribution >= 4 is 16.5 Å². The standard InChI is InChI=1S/C15H29N3OS/c1-11(2)7-8-15(4,19)10-16-9-13-12(3)17-14(20-13)18(5)6/h11,16,19H,7-10H2,1-6H3. The maximum Gasteiger partial charge on any atom is 0.185 e. The van der Waals surface area contributed by atoms with Crippen molar-refractivity contribution in [3.05, 3.63) is 10.6 Å². The Morgan fingerprint density at radius 1 is 1.40 bits per heavy atom. The van der Waals surface area contributed by atoms with E-state index in [0.29, 0.717) is 12.5 Å². The predicted molar refractivity (Wildman–Crippen MR) is 87.6 cm³/mol. The van der Waals surface area contributed by atoms with Crippen LogP contribution in [0.2, 0.25) is 0 Å². The third-order valence-corrected chi connectivity index (χ3v) is 4.64. The summed E-state index contributed by atoms with van der Waals surface area (Å²) in [5, 5.41) is 14.7. The van der Waals surface area contributed by atoms with Gasteiger partial charge in [0.15, 0.2) is 5.13 Å². The Balaban J connectivity index is 2.43. The van der Waals surface area contributed by atoms with E-state index in [-0.39, 0.29) is 0 Å². The molecule has 1 atom stereocenters. The predicted octanol–water partition coefficient (Wildman–Crippen LogP) is 2.79. The molecule has 20 heavy (non-hydrogen) atoms. The van der Waals surface area contributed by atoms with Crippen molar-refractivity contribution in [1.29, 1.82) is 0 Å². The summed E-state index contributed by atoms with van der Waals surface area (Å²) in [6, 6.07) is 0. The molecule has 0 saturated heterocycles. The van der Waals surface area contributed by atoms with Crippen LogP contribution in [0.5, 0.6) is 0 Å². The highest BCUT2D eigenvalue weighted by molar-refractivity contribution is 7.15. The largest absolute Gasteiger partial charge is 0.389 e. The minimum Gasteiger partial charge on any atom is -0.389 e. The Morgan fingerprint density at radius 2 is 2.05 bits per heavy atom.